The molecule has 2 fully saturated rings. The lowest BCUT2D eigenvalue weighted by atomic mass is 9.82. The van der Waals surface area contributed by atoms with E-state index in [0.29, 0.717) is 47.3 Å². The van der Waals surface area contributed by atoms with E-state index in [0.717, 1.165) is 5.57 Å². The number of carbonyl (C=O) groups excluding carboxylic acids is 2. The van der Waals surface area contributed by atoms with Crippen LogP contribution in [0.3, 0.4) is 0 Å². The van der Waals surface area contributed by atoms with E-state index in [9.17, 15) is 19.8 Å². The Kier molecular flexibility index (Phi) is 4.04. The number of aromatic nitrogens is 1. The average Bonchev–Trinajstić information content (AvgIpc) is 3.34. The third-order valence-electron chi connectivity index (χ3n) is 6.51. The number of aromatic amines is 1. The Morgan fingerprint density at radius 3 is 2.80 bits per heavy atom. The Labute approximate surface area is 173 Å². The van der Waals surface area contributed by atoms with E-state index in [1.54, 1.807) is 25.3 Å². The second-order valence-electron chi connectivity index (χ2n) is 8.55. The minimum absolute atomic E-state index is 0.335. The number of rotatable bonds is 2. The number of nitrogens with one attached hydrogen (secondary N) is 1. The zero-order valence-corrected chi connectivity index (χ0v) is 17.2. The van der Waals surface area contributed by atoms with Crippen molar-refractivity contribution in [1.29, 1.82) is 0 Å². The monoisotopic (exact) mass is 411 g/mol. The molecule has 2 amide bonds. The maximum absolute atomic E-state index is 13.5. The molecule has 0 radical (unpaired) electrons. The van der Waals surface area contributed by atoms with Crippen LogP contribution in [-0.4, -0.2) is 62.2 Å². The zero-order chi connectivity index (χ0) is 21.4. The van der Waals surface area contributed by atoms with Gasteiger partial charge in [0.1, 0.15) is 17.9 Å². The van der Waals surface area contributed by atoms with Crippen LogP contribution in [0.15, 0.2) is 29.8 Å². The number of carbonyl (C=O) groups is 2. The molecule has 4 atom stereocenters. The molecule has 3 N–H and O–H groups in total. The lowest BCUT2D eigenvalue weighted by molar-refractivity contribution is -0.229. The SMILES string of the molecule is COc1ccc2c3c([nH]c2c1)[C@@H](C=C(C)C)N1C(=O)[C@H]2CCCN2C(=O)[C@]1(O)[C@H]3O. The summed E-state index contributed by atoms with van der Waals surface area (Å²) < 4.78 is 5.30. The number of allylic oxidation sites excluding steroid dienone is 1. The molecule has 158 valence electrons. The van der Waals surface area contributed by atoms with Gasteiger partial charge in [0, 0.05) is 34.8 Å². The van der Waals surface area contributed by atoms with Gasteiger partial charge in [-0.05, 0) is 38.8 Å². The molecule has 1 aromatic heterocycles. The summed E-state index contributed by atoms with van der Waals surface area (Å²) in [5, 5.41) is 23.7. The highest BCUT2D eigenvalue weighted by molar-refractivity contribution is 6.01. The number of fused-ring (bicyclic) bond motifs is 5. The molecule has 3 aliphatic heterocycles. The number of piperazine rings is 1. The number of hydrogen-bond donors (Lipinski definition) is 3. The van der Waals surface area contributed by atoms with Crippen molar-refractivity contribution in [2.75, 3.05) is 13.7 Å². The Morgan fingerprint density at radius 2 is 2.10 bits per heavy atom. The predicted molar refractivity (Wildman–Crippen MR) is 109 cm³/mol. The smallest absolute Gasteiger partial charge is 0.279 e. The number of nitrogens with zero attached hydrogens (tertiary/aromatic N) is 2. The van der Waals surface area contributed by atoms with Gasteiger partial charge in [-0.3, -0.25) is 14.5 Å². The van der Waals surface area contributed by atoms with Crippen LogP contribution >= 0.6 is 0 Å². The van der Waals surface area contributed by atoms with E-state index < -0.39 is 29.8 Å². The molecule has 0 bridgehead atoms. The summed E-state index contributed by atoms with van der Waals surface area (Å²) in [5.41, 5.74) is 0.317. The summed E-state index contributed by atoms with van der Waals surface area (Å²) in [4.78, 5) is 32.8. The number of H-pyrrole nitrogens is 1. The first kappa shape index (κ1) is 19.1. The van der Waals surface area contributed by atoms with Gasteiger partial charge in [-0.2, -0.15) is 0 Å². The van der Waals surface area contributed by atoms with Crippen LogP contribution in [-0.2, 0) is 9.59 Å². The maximum atomic E-state index is 13.5. The number of ether oxygens (including phenoxy) is 1. The van der Waals surface area contributed by atoms with Crippen LogP contribution in [0.1, 0.15) is 50.1 Å². The quantitative estimate of drug-likeness (QED) is 0.653. The van der Waals surface area contributed by atoms with Crippen molar-refractivity contribution in [1.82, 2.24) is 14.8 Å². The minimum Gasteiger partial charge on any atom is -0.497 e. The molecule has 0 spiro atoms. The standard InChI is InChI=1S/C22H25N3O5/c1-11(2)9-16-18-17(13-7-6-12(30-3)10-14(13)23-18)19(26)22(29)21(28)24-8-4-5-15(24)20(27)25(16)22/h6-7,9-10,15-16,19,23,26,29H,4-5,8H2,1-3H3/t15-,16-,19+,22-/m1/s1. The van der Waals surface area contributed by atoms with E-state index in [1.165, 1.54) is 9.80 Å². The number of amides is 2. The maximum Gasteiger partial charge on any atom is 0.279 e. The second-order valence-corrected chi connectivity index (χ2v) is 8.55. The number of hydrogen-bond acceptors (Lipinski definition) is 5. The van der Waals surface area contributed by atoms with Crippen molar-refractivity contribution >= 4 is 22.7 Å². The Balaban J connectivity index is 1.80. The lowest BCUT2D eigenvalue weighted by Gasteiger charge is -2.54. The van der Waals surface area contributed by atoms with E-state index >= 15 is 0 Å². The molecule has 1 aromatic carbocycles. The zero-order valence-electron chi connectivity index (χ0n) is 17.2. The van der Waals surface area contributed by atoms with Crippen molar-refractivity contribution in [3.63, 3.8) is 0 Å². The van der Waals surface area contributed by atoms with Gasteiger partial charge in [0.05, 0.1) is 13.2 Å². The highest BCUT2D eigenvalue weighted by atomic mass is 16.5. The molecular formula is C22H25N3O5. The molecule has 2 saturated heterocycles. The third kappa shape index (κ3) is 2.29. The fourth-order valence-electron chi connectivity index (χ4n) is 5.19. The normalized spacial score (nSPS) is 30.2. The van der Waals surface area contributed by atoms with Gasteiger partial charge in [-0.25, -0.2) is 0 Å². The van der Waals surface area contributed by atoms with Gasteiger partial charge in [0.25, 0.3) is 11.6 Å². The van der Waals surface area contributed by atoms with Gasteiger partial charge in [-0.15, -0.1) is 0 Å². The summed E-state index contributed by atoms with van der Waals surface area (Å²) in [6, 6.07) is 4.06. The fourth-order valence-corrected chi connectivity index (χ4v) is 5.19. The first-order valence-electron chi connectivity index (χ1n) is 10.2. The van der Waals surface area contributed by atoms with Crippen molar-refractivity contribution < 1.29 is 24.5 Å². The summed E-state index contributed by atoms with van der Waals surface area (Å²) in [6.45, 7) is 4.20. The van der Waals surface area contributed by atoms with Crippen LogP contribution in [0, 0.1) is 0 Å². The molecule has 5 rings (SSSR count). The number of methoxy groups -OCH3 is 1. The fraction of sp³-hybridized carbons (Fsp3) is 0.455. The summed E-state index contributed by atoms with van der Waals surface area (Å²) in [6.07, 6.45) is 1.53. The van der Waals surface area contributed by atoms with E-state index in [-0.39, 0.29) is 5.91 Å². The molecule has 8 nitrogen and oxygen atoms in total. The highest BCUT2D eigenvalue weighted by Crippen LogP contribution is 2.51. The topological polar surface area (TPSA) is 106 Å². The van der Waals surface area contributed by atoms with Gasteiger partial charge in [0.15, 0.2) is 0 Å². The van der Waals surface area contributed by atoms with Gasteiger partial charge >= 0.3 is 0 Å². The molecule has 8 heteroatoms. The lowest BCUT2D eigenvalue weighted by Crippen LogP contribution is -2.74. The van der Waals surface area contributed by atoms with E-state index in [1.807, 2.05) is 19.9 Å². The number of aliphatic hydroxyl groups is 2. The van der Waals surface area contributed by atoms with E-state index in [2.05, 4.69) is 4.98 Å². The van der Waals surface area contributed by atoms with Crippen molar-refractivity contribution in [2.24, 2.45) is 0 Å². The molecule has 2 aromatic rings. The van der Waals surface area contributed by atoms with Gasteiger partial charge < -0.3 is 24.8 Å². The van der Waals surface area contributed by atoms with Crippen LogP contribution in [0.4, 0.5) is 0 Å². The van der Waals surface area contributed by atoms with E-state index in [4.69, 9.17) is 4.74 Å². The van der Waals surface area contributed by atoms with Crippen LogP contribution in [0.2, 0.25) is 0 Å². The number of benzene rings is 1. The van der Waals surface area contributed by atoms with Crippen LogP contribution < -0.4 is 4.74 Å². The summed E-state index contributed by atoms with van der Waals surface area (Å²) in [5.74, 6) is -0.311. The Bertz CT molecular complexity index is 1100. The minimum atomic E-state index is -2.35. The number of aliphatic hydroxyl groups excluding tert-OH is 1. The summed E-state index contributed by atoms with van der Waals surface area (Å²) >= 11 is 0. The van der Waals surface area contributed by atoms with Gasteiger partial charge in [-0.1, -0.05) is 11.6 Å². The van der Waals surface area contributed by atoms with Crippen molar-refractivity contribution in [2.45, 2.75) is 50.6 Å². The Hall–Kier alpha value is -2.84. The van der Waals surface area contributed by atoms with Crippen molar-refractivity contribution in [3.05, 3.63) is 41.1 Å². The average molecular weight is 411 g/mol. The van der Waals surface area contributed by atoms with Crippen LogP contribution in [0.5, 0.6) is 5.75 Å². The third-order valence-corrected chi connectivity index (χ3v) is 6.51. The van der Waals surface area contributed by atoms with Crippen molar-refractivity contribution in [3.8, 4) is 5.75 Å². The predicted octanol–water partition coefficient (Wildman–Crippen LogP) is 1.75. The second kappa shape index (κ2) is 6.33. The molecule has 4 heterocycles. The Morgan fingerprint density at radius 1 is 1.33 bits per heavy atom. The molecule has 3 aliphatic rings. The summed E-state index contributed by atoms with van der Waals surface area (Å²) in [7, 11) is 1.57. The molecular weight excluding hydrogens is 386 g/mol. The molecule has 0 saturated carbocycles. The molecule has 0 unspecified atom stereocenters. The van der Waals surface area contributed by atoms with Gasteiger partial charge in [0.2, 0.25) is 5.91 Å². The largest absolute Gasteiger partial charge is 0.497 e. The molecule has 30 heavy (non-hydrogen) atoms. The van der Waals surface area contributed by atoms with Crippen LogP contribution in [0.25, 0.3) is 10.9 Å². The highest BCUT2D eigenvalue weighted by Gasteiger charge is 2.65. The molecule has 0 aliphatic carbocycles. The first-order valence-corrected chi connectivity index (χ1v) is 10.2. The first-order chi connectivity index (χ1) is 14.3.